The summed E-state index contributed by atoms with van der Waals surface area (Å²) >= 11 is 0. The van der Waals surface area contributed by atoms with E-state index in [0.29, 0.717) is 36.3 Å². The Balaban J connectivity index is 1.58. The minimum atomic E-state index is -0.396. The number of ether oxygens (including phenoxy) is 2. The molecule has 1 aliphatic heterocycles. The number of rotatable bonds is 5. The Hall–Kier alpha value is -4.57. The molecule has 0 unspecified atom stereocenters. The van der Waals surface area contributed by atoms with Crippen LogP contribution in [0.15, 0.2) is 71.7 Å². The highest BCUT2D eigenvalue weighted by atomic mass is 16.5. The van der Waals surface area contributed by atoms with E-state index in [1.165, 1.54) is 6.20 Å². The van der Waals surface area contributed by atoms with Crippen molar-refractivity contribution in [2.75, 3.05) is 43.6 Å². The average Bonchev–Trinajstić information content (AvgIpc) is 3.29. The fourth-order valence-corrected chi connectivity index (χ4v) is 4.29. The Morgan fingerprint density at radius 1 is 0.972 bits per heavy atom. The molecule has 2 aromatic carbocycles. The second-order valence-corrected chi connectivity index (χ2v) is 8.28. The first kappa shape index (κ1) is 21.9. The molecule has 0 aliphatic carbocycles. The highest BCUT2D eigenvalue weighted by Gasteiger charge is 2.20. The third-order valence-corrected chi connectivity index (χ3v) is 6.11. The van der Waals surface area contributed by atoms with Crippen molar-refractivity contribution in [1.29, 1.82) is 0 Å². The van der Waals surface area contributed by atoms with Gasteiger partial charge in [0, 0.05) is 30.2 Å². The monoisotopic (exact) mass is 481 g/mol. The number of benzene rings is 2. The number of para-hydroxylation sites is 1. The molecule has 1 N–H and O–H groups in total. The molecule has 0 saturated carbocycles. The van der Waals surface area contributed by atoms with Gasteiger partial charge in [-0.25, -0.2) is 15.0 Å². The summed E-state index contributed by atoms with van der Waals surface area (Å²) in [4.78, 5) is 28.5. The molecule has 1 aliphatic rings. The van der Waals surface area contributed by atoms with Gasteiger partial charge in [0.25, 0.3) is 5.56 Å². The van der Waals surface area contributed by atoms with E-state index in [2.05, 4.69) is 15.2 Å². The van der Waals surface area contributed by atoms with Gasteiger partial charge < -0.3 is 19.7 Å². The van der Waals surface area contributed by atoms with Gasteiger partial charge in [-0.15, -0.1) is 5.10 Å². The molecule has 36 heavy (non-hydrogen) atoms. The van der Waals surface area contributed by atoms with Crippen LogP contribution in [-0.4, -0.2) is 58.0 Å². The molecule has 1 fully saturated rings. The van der Waals surface area contributed by atoms with Crippen LogP contribution in [-0.2, 0) is 4.74 Å². The van der Waals surface area contributed by atoms with Crippen LogP contribution in [0.5, 0.6) is 5.75 Å². The molecule has 3 aromatic heterocycles. The van der Waals surface area contributed by atoms with Crippen LogP contribution in [0.4, 0.5) is 17.3 Å². The van der Waals surface area contributed by atoms with Gasteiger partial charge in [-0.2, -0.15) is 4.52 Å². The summed E-state index contributed by atoms with van der Waals surface area (Å²) < 4.78 is 12.5. The van der Waals surface area contributed by atoms with Crippen molar-refractivity contribution in [3.8, 4) is 17.1 Å². The van der Waals surface area contributed by atoms with Crippen LogP contribution in [0.2, 0.25) is 0 Å². The molecule has 6 rings (SSSR count). The third-order valence-electron chi connectivity index (χ3n) is 6.11. The van der Waals surface area contributed by atoms with E-state index in [9.17, 15) is 4.79 Å². The lowest BCUT2D eigenvalue weighted by Gasteiger charge is -2.29. The molecule has 4 heterocycles. The maximum absolute atomic E-state index is 12.5. The van der Waals surface area contributed by atoms with Crippen LogP contribution in [0.1, 0.15) is 0 Å². The standard InChI is InChI=1S/C26H23N7O3/c1-35-18-10-8-17(9-11-18)23-30-24-19-5-4-7-21(32-13-15-36-16-14-32)22(19)29-26(33(24)31-23)28-20-6-2-3-12-27-25(20)34/h2-12H,13-16H2,1H3,(H,27,28,29,34). The number of methoxy groups -OCH3 is 1. The average molecular weight is 482 g/mol. The number of morpholine rings is 1. The zero-order valence-corrected chi connectivity index (χ0v) is 19.6. The van der Waals surface area contributed by atoms with Crippen molar-refractivity contribution in [3.63, 3.8) is 0 Å². The van der Waals surface area contributed by atoms with E-state index in [4.69, 9.17) is 24.5 Å². The number of hydrogen-bond acceptors (Lipinski definition) is 9. The molecule has 0 bridgehead atoms. The van der Waals surface area contributed by atoms with Crippen molar-refractivity contribution in [1.82, 2.24) is 24.6 Å². The van der Waals surface area contributed by atoms with E-state index < -0.39 is 5.56 Å². The number of nitrogens with zero attached hydrogens (tertiary/aromatic N) is 6. The Bertz CT molecular complexity index is 1610. The largest absolute Gasteiger partial charge is 0.497 e. The summed E-state index contributed by atoms with van der Waals surface area (Å²) in [6, 6.07) is 18.7. The van der Waals surface area contributed by atoms with Gasteiger partial charge in [0.05, 0.1) is 26.0 Å². The van der Waals surface area contributed by atoms with Crippen LogP contribution >= 0.6 is 0 Å². The summed E-state index contributed by atoms with van der Waals surface area (Å²) in [6.07, 6.45) is 1.46. The van der Waals surface area contributed by atoms with E-state index in [1.54, 1.807) is 29.8 Å². The van der Waals surface area contributed by atoms with E-state index in [1.807, 2.05) is 42.5 Å². The second kappa shape index (κ2) is 9.23. The first-order chi connectivity index (χ1) is 17.7. The number of fused-ring (bicyclic) bond motifs is 3. The maximum Gasteiger partial charge on any atom is 0.293 e. The number of aromatic nitrogens is 5. The smallest absolute Gasteiger partial charge is 0.293 e. The van der Waals surface area contributed by atoms with Crippen molar-refractivity contribution < 1.29 is 9.47 Å². The lowest BCUT2D eigenvalue weighted by atomic mass is 10.2. The number of hydrogen-bond donors (Lipinski definition) is 1. The summed E-state index contributed by atoms with van der Waals surface area (Å²) in [5.41, 5.74) is 3.10. The predicted octanol–water partition coefficient (Wildman–Crippen LogP) is 3.29. The Kier molecular flexibility index (Phi) is 5.62. The minimum absolute atomic E-state index is 0.290. The first-order valence-corrected chi connectivity index (χ1v) is 11.6. The normalized spacial score (nSPS) is 13.8. The van der Waals surface area contributed by atoms with Crippen LogP contribution in [0.25, 0.3) is 27.9 Å². The molecular weight excluding hydrogens is 458 g/mol. The van der Waals surface area contributed by atoms with E-state index in [0.717, 1.165) is 41.0 Å². The first-order valence-electron chi connectivity index (χ1n) is 11.6. The zero-order valence-electron chi connectivity index (χ0n) is 19.6. The van der Waals surface area contributed by atoms with Crippen molar-refractivity contribution in [3.05, 3.63) is 77.2 Å². The molecule has 5 aromatic rings. The summed E-state index contributed by atoms with van der Waals surface area (Å²) in [7, 11) is 1.63. The lowest BCUT2D eigenvalue weighted by molar-refractivity contribution is 0.123. The molecule has 0 amide bonds. The van der Waals surface area contributed by atoms with Crippen molar-refractivity contribution >= 4 is 33.9 Å². The fraction of sp³-hybridized carbons (Fsp3) is 0.192. The maximum atomic E-state index is 12.5. The highest BCUT2D eigenvalue weighted by Crippen LogP contribution is 2.32. The van der Waals surface area contributed by atoms with Gasteiger partial charge in [-0.1, -0.05) is 12.1 Å². The van der Waals surface area contributed by atoms with Gasteiger partial charge in [-0.05, 0) is 48.5 Å². The van der Waals surface area contributed by atoms with Crippen LogP contribution in [0, 0.1) is 0 Å². The summed E-state index contributed by atoms with van der Waals surface area (Å²) in [6.45, 7) is 2.84. The Labute approximate surface area is 206 Å². The molecule has 10 heteroatoms. The SMILES string of the molecule is COc1ccc(-c2nc3c4cccc(N5CCOCC5)c4nc(Nc4ccccnc4=O)n3n2)cc1. The minimum Gasteiger partial charge on any atom is -0.497 e. The molecule has 10 nitrogen and oxygen atoms in total. The fourth-order valence-electron chi connectivity index (χ4n) is 4.29. The van der Waals surface area contributed by atoms with Crippen LogP contribution in [0.3, 0.4) is 0 Å². The lowest BCUT2D eigenvalue weighted by Crippen LogP contribution is -2.36. The Morgan fingerprint density at radius 2 is 1.81 bits per heavy atom. The van der Waals surface area contributed by atoms with Gasteiger partial charge in [0.15, 0.2) is 11.5 Å². The number of anilines is 3. The summed E-state index contributed by atoms with van der Waals surface area (Å²) in [5.74, 6) is 1.65. The topological polar surface area (TPSA) is 107 Å². The van der Waals surface area contributed by atoms with Gasteiger partial charge in [-0.3, -0.25) is 4.79 Å². The molecular formula is C26H23N7O3. The summed E-state index contributed by atoms with van der Waals surface area (Å²) in [5, 5.41) is 8.76. The molecule has 1 saturated heterocycles. The number of nitrogens with one attached hydrogen (secondary N) is 1. The van der Waals surface area contributed by atoms with E-state index in [-0.39, 0.29) is 0 Å². The van der Waals surface area contributed by atoms with E-state index >= 15 is 0 Å². The predicted molar refractivity (Wildman–Crippen MR) is 137 cm³/mol. The molecule has 180 valence electrons. The molecule has 0 radical (unpaired) electrons. The van der Waals surface area contributed by atoms with Crippen molar-refractivity contribution in [2.24, 2.45) is 0 Å². The quantitative estimate of drug-likeness (QED) is 0.405. The van der Waals surface area contributed by atoms with Crippen molar-refractivity contribution in [2.45, 2.75) is 0 Å². The Morgan fingerprint density at radius 3 is 2.61 bits per heavy atom. The van der Waals surface area contributed by atoms with Gasteiger partial charge >= 0.3 is 0 Å². The zero-order chi connectivity index (χ0) is 24.5. The third kappa shape index (κ3) is 3.97. The highest BCUT2D eigenvalue weighted by molar-refractivity contribution is 6.00. The molecule has 0 atom stereocenters. The van der Waals surface area contributed by atoms with Gasteiger partial charge in [0.1, 0.15) is 17.0 Å². The second-order valence-electron chi connectivity index (χ2n) is 8.28. The van der Waals surface area contributed by atoms with Crippen LogP contribution < -0.4 is 20.5 Å². The molecule has 0 spiro atoms. The van der Waals surface area contributed by atoms with Gasteiger partial charge in [0.2, 0.25) is 5.95 Å².